The number of para-hydroxylation sites is 1. The van der Waals surface area contributed by atoms with Gasteiger partial charge in [0.15, 0.2) is 0 Å². The fraction of sp³-hybridized carbons (Fsp3) is 0.200. The molecule has 0 saturated carbocycles. The quantitative estimate of drug-likeness (QED) is 0.774. The molecular weight excluding hydrogens is 266 g/mol. The van der Waals surface area contributed by atoms with Gasteiger partial charge in [0.05, 0.1) is 11.4 Å². The second-order valence-electron chi connectivity index (χ2n) is 5.09. The summed E-state index contributed by atoms with van der Waals surface area (Å²) in [5, 5.41) is 4.40. The molecule has 6 heteroatoms. The number of aromatic nitrogens is 4. The third kappa shape index (κ3) is 2.05. The van der Waals surface area contributed by atoms with Gasteiger partial charge in [0.1, 0.15) is 5.82 Å². The molecule has 0 radical (unpaired) electrons. The minimum atomic E-state index is -0.0798. The van der Waals surface area contributed by atoms with Crippen LogP contribution in [-0.4, -0.2) is 18.9 Å². The Hall–Kier alpha value is -2.76. The summed E-state index contributed by atoms with van der Waals surface area (Å²) in [6.45, 7) is 1.91. The van der Waals surface area contributed by atoms with Crippen LogP contribution in [-0.2, 0) is 14.1 Å². The topological polar surface area (TPSA) is 70.8 Å². The molecule has 3 rings (SSSR count). The zero-order valence-corrected chi connectivity index (χ0v) is 12.2. The van der Waals surface area contributed by atoms with Crippen molar-refractivity contribution in [1.82, 2.24) is 18.9 Å². The molecule has 3 aromatic rings. The van der Waals surface area contributed by atoms with Crippen molar-refractivity contribution in [3.8, 4) is 16.9 Å². The van der Waals surface area contributed by atoms with Crippen LogP contribution in [0.2, 0.25) is 0 Å². The van der Waals surface area contributed by atoms with Crippen LogP contribution in [0.5, 0.6) is 0 Å². The number of nitrogens with two attached hydrogens (primary N) is 1. The largest absolute Gasteiger partial charge is 0.384 e. The summed E-state index contributed by atoms with van der Waals surface area (Å²) in [7, 11) is 3.54. The van der Waals surface area contributed by atoms with E-state index in [1.807, 2.05) is 43.5 Å². The number of anilines is 1. The lowest BCUT2D eigenvalue weighted by Gasteiger charge is -2.09. The third-order valence-electron chi connectivity index (χ3n) is 3.56. The molecule has 2 heterocycles. The summed E-state index contributed by atoms with van der Waals surface area (Å²) < 4.78 is 4.87. The van der Waals surface area contributed by atoms with Crippen molar-refractivity contribution >= 4 is 5.82 Å². The van der Waals surface area contributed by atoms with Crippen molar-refractivity contribution in [2.75, 3.05) is 5.73 Å². The highest BCUT2D eigenvalue weighted by Crippen LogP contribution is 2.26. The average molecular weight is 283 g/mol. The van der Waals surface area contributed by atoms with Gasteiger partial charge in [-0.2, -0.15) is 5.10 Å². The Morgan fingerprint density at radius 1 is 1.19 bits per heavy atom. The first-order valence-electron chi connectivity index (χ1n) is 6.63. The van der Waals surface area contributed by atoms with Gasteiger partial charge < -0.3 is 10.3 Å². The molecular formula is C15H17N5O. The number of hydrogen-bond acceptors (Lipinski definition) is 3. The van der Waals surface area contributed by atoms with E-state index in [1.54, 1.807) is 27.9 Å². The third-order valence-corrected chi connectivity index (χ3v) is 3.56. The van der Waals surface area contributed by atoms with E-state index in [0.29, 0.717) is 5.82 Å². The maximum atomic E-state index is 12.3. The van der Waals surface area contributed by atoms with Gasteiger partial charge in [-0.15, -0.1) is 0 Å². The summed E-state index contributed by atoms with van der Waals surface area (Å²) in [6, 6.07) is 9.49. The van der Waals surface area contributed by atoms with Gasteiger partial charge in [0.2, 0.25) is 0 Å². The summed E-state index contributed by atoms with van der Waals surface area (Å²) in [6.07, 6.45) is 1.81. The van der Waals surface area contributed by atoms with Gasteiger partial charge in [-0.3, -0.25) is 9.25 Å². The Morgan fingerprint density at radius 2 is 1.90 bits per heavy atom. The monoisotopic (exact) mass is 283 g/mol. The van der Waals surface area contributed by atoms with Gasteiger partial charge in [-0.05, 0) is 13.0 Å². The van der Waals surface area contributed by atoms with Crippen LogP contribution in [0.4, 0.5) is 5.82 Å². The molecule has 2 N–H and O–H groups in total. The number of rotatable bonds is 2. The van der Waals surface area contributed by atoms with Crippen molar-refractivity contribution in [3.05, 3.63) is 52.7 Å². The van der Waals surface area contributed by atoms with Crippen LogP contribution in [0.25, 0.3) is 16.9 Å². The summed E-state index contributed by atoms with van der Waals surface area (Å²) in [5.74, 6) is 0.580. The van der Waals surface area contributed by atoms with Gasteiger partial charge in [0, 0.05) is 37.6 Å². The van der Waals surface area contributed by atoms with Crippen molar-refractivity contribution in [2.24, 2.45) is 14.1 Å². The molecule has 21 heavy (non-hydrogen) atoms. The van der Waals surface area contributed by atoms with Crippen LogP contribution in [0.15, 0.2) is 41.3 Å². The molecule has 0 amide bonds. The second kappa shape index (κ2) is 4.66. The van der Waals surface area contributed by atoms with Crippen molar-refractivity contribution in [1.29, 1.82) is 0 Å². The lowest BCUT2D eigenvalue weighted by molar-refractivity contribution is 0.781. The fourth-order valence-electron chi connectivity index (χ4n) is 2.49. The second-order valence-corrected chi connectivity index (χ2v) is 5.09. The first-order chi connectivity index (χ1) is 9.99. The van der Waals surface area contributed by atoms with Crippen molar-refractivity contribution in [2.45, 2.75) is 6.92 Å². The van der Waals surface area contributed by atoms with Crippen LogP contribution < -0.4 is 11.4 Å². The Bertz CT molecular complexity index is 849. The van der Waals surface area contributed by atoms with Crippen LogP contribution in [0.3, 0.4) is 0 Å². The zero-order valence-electron chi connectivity index (χ0n) is 12.2. The van der Waals surface area contributed by atoms with Crippen molar-refractivity contribution < 1.29 is 0 Å². The maximum Gasteiger partial charge on any atom is 0.332 e. The highest BCUT2D eigenvalue weighted by molar-refractivity contribution is 5.72. The number of aryl methyl sites for hydroxylation is 3. The molecule has 0 atom stereocenters. The van der Waals surface area contributed by atoms with Crippen LogP contribution in [0, 0.1) is 6.92 Å². The Morgan fingerprint density at radius 3 is 2.48 bits per heavy atom. The molecule has 108 valence electrons. The van der Waals surface area contributed by atoms with Crippen LogP contribution in [0.1, 0.15) is 5.69 Å². The molecule has 2 aromatic heterocycles. The smallest absolute Gasteiger partial charge is 0.332 e. The molecule has 0 aliphatic carbocycles. The van der Waals surface area contributed by atoms with E-state index in [-0.39, 0.29) is 5.69 Å². The zero-order chi connectivity index (χ0) is 15.1. The van der Waals surface area contributed by atoms with E-state index >= 15 is 0 Å². The standard InChI is InChI=1S/C15H17N5O/c1-10-9-18(2)15(21)20(10)13-7-5-4-6-11(13)12-8-14(16)19(3)17-12/h4-9H,16H2,1-3H3. The van der Waals surface area contributed by atoms with Gasteiger partial charge in [-0.25, -0.2) is 4.79 Å². The molecule has 0 spiro atoms. The summed E-state index contributed by atoms with van der Waals surface area (Å²) in [4.78, 5) is 12.3. The highest BCUT2D eigenvalue weighted by atomic mass is 16.1. The highest BCUT2D eigenvalue weighted by Gasteiger charge is 2.15. The Kier molecular flexibility index (Phi) is 2.94. The Labute approximate surface area is 122 Å². The molecule has 0 unspecified atom stereocenters. The molecule has 0 saturated heterocycles. The van der Waals surface area contributed by atoms with Gasteiger partial charge in [-0.1, -0.05) is 18.2 Å². The van der Waals surface area contributed by atoms with E-state index in [4.69, 9.17) is 5.73 Å². The molecule has 1 aromatic carbocycles. The van der Waals surface area contributed by atoms with E-state index in [2.05, 4.69) is 5.10 Å². The number of imidazole rings is 1. The molecule has 6 nitrogen and oxygen atoms in total. The predicted octanol–water partition coefficient (Wildman–Crippen LogP) is 1.47. The lowest BCUT2D eigenvalue weighted by atomic mass is 10.1. The van der Waals surface area contributed by atoms with E-state index < -0.39 is 0 Å². The van der Waals surface area contributed by atoms with Crippen LogP contribution >= 0.6 is 0 Å². The van der Waals surface area contributed by atoms with E-state index in [9.17, 15) is 4.79 Å². The minimum Gasteiger partial charge on any atom is -0.384 e. The van der Waals surface area contributed by atoms with E-state index in [0.717, 1.165) is 22.6 Å². The number of nitrogen functional groups attached to an aromatic ring is 1. The number of hydrogen-bond donors (Lipinski definition) is 1. The first kappa shape index (κ1) is 13.2. The maximum absolute atomic E-state index is 12.3. The summed E-state index contributed by atoms with van der Waals surface area (Å²) in [5.41, 5.74) is 9.08. The molecule has 0 aliphatic heterocycles. The predicted molar refractivity (Wildman–Crippen MR) is 82.4 cm³/mol. The Balaban J connectivity index is 2.28. The SMILES string of the molecule is Cc1cn(C)c(=O)n1-c1ccccc1-c1cc(N)n(C)n1. The number of benzene rings is 1. The van der Waals surface area contributed by atoms with Crippen molar-refractivity contribution in [3.63, 3.8) is 0 Å². The normalized spacial score (nSPS) is 11.0. The average Bonchev–Trinajstić information content (AvgIpc) is 2.91. The fourth-order valence-corrected chi connectivity index (χ4v) is 2.49. The summed E-state index contributed by atoms with van der Waals surface area (Å²) >= 11 is 0. The number of nitrogens with zero attached hydrogens (tertiary/aromatic N) is 4. The van der Waals surface area contributed by atoms with Gasteiger partial charge >= 0.3 is 5.69 Å². The lowest BCUT2D eigenvalue weighted by Crippen LogP contribution is -2.21. The minimum absolute atomic E-state index is 0.0798. The van der Waals surface area contributed by atoms with Gasteiger partial charge in [0.25, 0.3) is 0 Å². The molecule has 0 fully saturated rings. The van der Waals surface area contributed by atoms with E-state index in [1.165, 1.54) is 0 Å². The molecule has 0 aliphatic rings. The molecule has 0 bridgehead atoms. The first-order valence-corrected chi connectivity index (χ1v) is 6.63.